The molecule has 0 aliphatic carbocycles. The Morgan fingerprint density at radius 3 is 2.80 bits per heavy atom. The van der Waals surface area contributed by atoms with Crippen molar-refractivity contribution in [2.75, 3.05) is 6.54 Å². The third-order valence-electron chi connectivity index (χ3n) is 1.98. The maximum atomic E-state index is 11.5. The number of thiazole rings is 1. The number of rotatable bonds is 5. The molecule has 0 spiro atoms. The zero-order chi connectivity index (χ0) is 11.5. The van der Waals surface area contributed by atoms with Crippen LogP contribution in [0.2, 0.25) is 0 Å². The van der Waals surface area contributed by atoms with Crippen molar-refractivity contribution in [3.63, 3.8) is 0 Å². The molecule has 5 nitrogen and oxygen atoms in total. The summed E-state index contributed by atoms with van der Waals surface area (Å²) in [6.07, 6.45) is 0. The first-order valence-corrected chi connectivity index (χ1v) is 6.98. The van der Waals surface area contributed by atoms with E-state index in [0.717, 1.165) is 10.7 Å². The predicted octanol–water partition coefficient (Wildman–Crippen LogP) is 0.218. The van der Waals surface area contributed by atoms with E-state index in [1.54, 1.807) is 6.92 Å². The lowest BCUT2D eigenvalue weighted by molar-refractivity contribution is 0.568. The fraction of sp³-hybridized carbons (Fsp3) is 0.625. The van der Waals surface area contributed by atoms with Crippen LogP contribution in [0.15, 0.2) is 5.38 Å². The molecule has 0 aliphatic rings. The van der Waals surface area contributed by atoms with Gasteiger partial charge in [-0.2, -0.15) is 0 Å². The van der Waals surface area contributed by atoms with Crippen molar-refractivity contribution in [3.8, 4) is 0 Å². The molecule has 0 saturated carbocycles. The lowest BCUT2D eigenvalue weighted by Crippen LogP contribution is -2.36. The van der Waals surface area contributed by atoms with E-state index in [9.17, 15) is 8.42 Å². The number of hydrogen-bond acceptors (Lipinski definition) is 5. The zero-order valence-electron chi connectivity index (χ0n) is 8.73. The molecule has 3 N–H and O–H groups in total. The maximum Gasteiger partial charge on any atom is 0.215 e. The Kier molecular flexibility index (Phi) is 4.21. The normalized spacial score (nSPS) is 14.1. The molecule has 1 heterocycles. The highest BCUT2D eigenvalue weighted by Crippen LogP contribution is 2.08. The molecule has 86 valence electrons. The van der Waals surface area contributed by atoms with Crippen molar-refractivity contribution in [2.45, 2.75) is 25.6 Å². The van der Waals surface area contributed by atoms with Crippen LogP contribution in [0, 0.1) is 6.92 Å². The van der Waals surface area contributed by atoms with Gasteiger partial charge in [0.15, 0.2) is 0 Å². The number of nitrogens with zero attached hydrogens (tertiary/aromatic N) is 1. The van der Waals surface area contributed by atoms with Gasteiger partial charge in [-0.3, -0.25) is 0 Å². The molecule has 7 heteroatoms. The molecule has 0 aliphatic heterocycles. The molecular weight excluding hydrogens is 234 g/mol. The van der Waals surface area contributed by atoms with Crippen LogP contribution in [0.25, 0.3) is 0 Å². The summed E-state index contributed by atoms with van der Waals surface area (Å²) in [5.41, 5.74) is 6.04. The smallest absolute Gasteiger partial charge is 0.215 e. The molecule has 1 aromatic heterocycles. The largest absolute Gasteiger partial charge is 0.329 e. The van der Waals surface area contributed by atoms with Gasteiger partial charge in [-0.1, -0.05) is 0 Å². The highest BCUT2D eigenvalue weighted by atomic mass is 32.2. The second-order valence-electron chi connectivity index (χ2n) is 3.27. The van der Waals surface area contributed by atoms with Crippen LogP contribution >= 0.6 is 11.3 Å². The van der Waals surface area contributed by atoms with Crippen LogP contribution in [0.3, 0.4) is 0 Å². The molecule has 0 bridgehead atoms. The first-order valence-electron chi connectivity index (χ1n) is 4.55. The number of hydrogen-bond donors (Lipinski definition) is 2. The van der Waals surface area contributed by atoms with Gasteiger partial charge >= 0.3 is 0 Å². The zero-order valence-corrected chi connectivity index (χ0v) is 10.4. The summed E-state index contributed by atoms with van der Waals surface area (Å²) >= 11 is 1.50. The molecule has 1 rings (SSSR count). The first-order chi connectivity index (χ1) is 6.95. The second-order valence-corrected chi connectivity index (χ2v) is 6.52. The van der Waals surface area contributed by atoms with Crippen LogP contribution in [0.1, 0.15) is 17.6 Å². The summed E-state index contributed by atoms with van der Waals surface area (Å²) < 4.78 is 25.5. The highest BCUT2D eigenvalue weighted by Gasteiger charge is 2.18. The number of aromatic nitrogens is 1. The Hall–Kier alpha value is -0.500. The number of aryl methyl sites for hydroxylation is 1. The molecule has 1 atom stereocenters. The van der Waals surface area contributed by atoms with E-state index in [-0.39, 0.29) is 13.1 Å². The van der Waals surface area contributed by atoms with Gasteiger partial charge in [0.25, 0.3) is 0 Å². The van der Waals surface area contributed by atoms with E-state index in [2.05, 4.69) is 9.71 Å². The second kappa shape index (κ2) is 5.02. The number of sulfonamides is 1. The molecule has 1 aromatic rings. The third-order valence-corrected chi connectivity index (χ3v) is 4.60. The van der Waals surface area contributed by atoms with Gasteiger partial charge < -0.3 is 5.73 Å². The molecule has 0 saturated heterocycles. The van der Waals surface area contributed by atoms with Crippen LogP contribution in [0.5, 0.6) is 0 Å². The quantitative estimate of drug-likeness (QED) is 0.781. The molecule has 0 fully saturated rings. The SMILES string of the molecule is Cc1nc(CNS(=O)(=O)C(C)CN)cs1. The Bertz CT molecular complexity index is 413. The van der Waals surface area contributed by atoms with Crippen molar-refractivity contribution in [3.05, 3.63) is 16.1 Å². The van der Waals surface area contributed by atoms with Gasteiger partial charge in [-0.15, -0.1) is 11.3 Å². The topological polar surface area (TPSA) is 85.1 Å². The molecular formula is C8H15N3O2S2. The van der Waals surface area contributed by atoms with E-state index < -0.39 is 15.3 Å². The molecule has 15 heavy (non-hydrogen) atoms. The van der Waals surface area contributed by atoms with Crippen molar-refractivity contribution < 1.29 is 8.42 Å². The summed E-state index contributed by atoms with van der Waals surface area (Å²) in [6.45, 7) is 3.81. The highest BCUT2D eigenvalue weighted by molar-refractivity contribution is 7.90. The van der Waals surface area contributed by atoms with Crippen LogP contribution < -0.4 is 10.5 Å². The molecule has 0 radical (unpaired) electrons. The minimum absolute atomic E-state index is 0.116. The van der Waals surface area contributed by atoms with E-state index in [0.29, 0.717) is 0 Å². The van der Waals surface area contributed by atoms with Gasteiger partial charge in [0.1, 0.15) is 0 Å². The predicted molar refractivity (Wildman–Crippen MR) is 61.1 cm³/mol. The van der Waals surface area contributed by atoms with Gasteiger partial charge in [0.05, 0.1) is 22.5 Å². The van der Waals surface area contributed by atoms with Gasteiger partial charge in [0, 0.05) is 11.9 Å². The average Bonchev–Trinajstić information content (AvgIpc) is 2.60. The molecule has 0 aromatic carbocycles. The monoisotopic (exact) mass is 249 g/mol. The average molecular weight is 249 g/mol. The van der Waals surface area contributed by atoms with Crippen molar-refractivity contribution in [1.29, 1.82) is 0 Å². The Balaban J connectivity index is 2.57. The Morgan fingerprint density at radius 2 is 2.33 bits per heavy atom. The van der Waals surface area contributed by atoms with Crippen LogP contribution in [-0.4, -0.2) is 25.2 Å². The van der Waals surface area contributed by atoms with Crippen molar-refractivity contribution >= 4 is 21.4 Å². The van der Waals surface area contributed by atoms with E-state index in [4.69, 9.17) is 5.73 Å². The van der Waals surface area contributed by atoms with Gasteiger partial charge in [0.2, 0.25) is 10.0 Å². The summed E-state index contributed by atoms with van der Waals surface area (Å²) in [4.78, 5) is 4.16. The van der Waals surface area contributed by atoms with E-state index >= 15 is 0 Å². The van der Waals surface area contributed by atoms with Crippen LogP contribution in [0.4, 0.5) is 0 Å². The Morgan fingerprint density at radius 1 is 1.67 bits per heavy atom. The standard InChI is InChI=1S/C8H15N3O2S2/c1-6(3-9)15(12,13)10-4-8-5-14-7(2)11-8/h5-6,10H,3-4,9H2,1-2H3. The fourth-order valence-electron chi connectivity index (χ4n) is 0.933. The molecule has 0 amide bonds. The summed E-state index contributed by atoms with van der Waals surface area (Å²) in [7, 11) is -3.31. The van der Waals surface area contributed by atoms with Crippen LogP contribution in [-0.2, 0) is 16.6 Å². The Labute approximate surface area is 93.8 Å². The first kappa shape index (κ1) is 12.6. The summed E-state index contributed by atoms with van der Waals surface area (Å²) in [5, 5.41) is 2.19. The van der Waals surface area contributed by atoms with Gasteiger partial charge in [-0.25, -0.2) is 18.1 Å². The maximum absolute atomic E-state index is 11.5. The summed E-state index contributed by atoms with van der Waals surface area (Å²) in [5.74, 6) is 0. The van der Waals surface area contributed by atoms with E-state index in [1.165, 1.54) is 11.3 Å². The van der Waals surface area contributed by atoms with Crippen molar-refractivity contribution in [1.82, 2.24) is 9.71 Å². The number of nitrogens with two attached hydrogens (primary N) is 1. The fourth-order valence-corrected chi connectivity index (χ4v) is 2.43. The molecule has 1 unspecified atom stereocenters. The number of nitrogens with one attached hydrogen (secondary N) is 1. The third kappa shape index (κ3) is 3.53. The van der Waals surface area contributed by atoms with E-state index in [1.807, 2.05) is 12.3 Å². The lowest BCUT2D eigenvalue weighted by Gasteiger charge is -2.10. The summed E-state index contributed by atoms with van der Waals surface area (Å²) in [6, 6.07) is 0. The minimum atomic E-state index is -3.31. The minimum Gasteiger partial charge on any atom is -0.329 e. The van der Waals surface area contributed by atoms with Gasteiger partial charge in [-0.05, 0) is 13.8 Å². The van der Waals surface area contributed by atoms with Crippen molar-refractivity contribution in [2.24, 2.45) is 5.73 Å². The lowest BCUT2D eigenvalue weighted by atomic mass is 10.5.